The average Bonchev–Trinajstić information content (AvgIpc) is 3.04. The van der Waals surface area contributed by atoms with E-state index in [0.717, 1.165) is 16.0 Å². The van der Waals surface area contributed by atoms with Crippen molar-refractivity contribution in [2.45, 2.75) is 26.9 Å². The minimum Gasteiger partial charge on any atom is -0.292 e. The number of hydrogen-bond donors (Lipinski definition) is 0. The van der Waals surface area contributed by atoms with Gasteiger partial charge in [-0.05, 0) is 25.0 Å². The summed E-state index contributed by atoms with van der Waals surface area (Å²) in [6, 6.07) is 18.3. The van der Waals surface area contributed by atoms with E-state index in [4.69, 9.17) is 0 Å². The van der Waals surface area contributed by atoms with Crippen molar-refractivity contribution in [3.63, 3.8) is 0 Å². The van der Waals surface area contributed by atoms with E-state index in [1.165, 1.54) is 20.5 Å². The van der Waals surface area contributed by atoms with Crippen LogP contribution >= 0.6 is 11.3 Å². The van der Waals surface area contributed by atoms with Crippen molar-refractivity contribution in [2.24, 2.45) is 0 Å². The molecule has 4 aromatic rings. The Labute approximate surface area is 171 Å². The van der Waals surface area contributed by atoms with Crippen LogP contribution in [0.25, 0.3) is 10.2 Å². The fourth-order valence-electron chi connectivity index (χ4n) is 3.41. The molecule has 6 heteroatoms. The van der Waals surface area contributed by atoms with E-state index in [0.29, 0.717) is 15.8 Å². The lowest BCUT2D eigenvalue weighted by atomic mass is 10.1. The number of fused-ring (bicyclic) bond motifs is 1. The first-order valence-electron chi connectivity index (χ1n) is 9.33. The minimum atomic E-state index is -0.461. The van der Waals surface area contributed by atoms with Crippen molar-refractivity contribution in [1.29, 1.82) is 0 Å². The number of nitrogens with zero attached hydrogens (tertiary/aromatic N) is 2. The monoisotopic (exact) mass is 404 g/mol. The molecule has 29 heavy (non-hydrogen) atoms. The molecule has 5 nitrogen and oxygen atoms in total. The molecule has 2 aromatic carbocycles. The zero-order valence-corrected chi connectivity index (χ0v) is 17.0. The normalized spacial score (nSPS) is 11.1. The smallest absolute Gasteiger partial charge is 0.292 e. The molecule has 0 N–H and O–H groups in total. The van der Waals surface area contributed by atoms with E-state index in [1.807, 2.05) is 50.2 Å². The van der Waals surface area contributed by atoms with Crippen LogP contribution in [-0.4, -0.2) is 14.9 Å². The van der Waals surface area contributed by atoms with Crippen molar-refractivity contribution in [1.82, 2.24) is 9.13 Å². The van der Waals surface area contributed by atoms with Gasteiger partial charge in [-0.1, -0.05) is 60.7 Å². The standard InChI is InChI=1S/C23H20N2O3S/c1-15-16(2)29-22-20(15)21(27)24(13-17-9-5-3-6-10-17)23(28)25(22)14-19(26)18-11-7-4-8-12-18/h3-12H,13-14H2,1-2H3. The van der Waals surface area contributed by atoms with Crippen LogP contribution in [-0.2, 0) is 13.1 Å². The summed E-state index contributed by atoms with van der Waals surface area (Å²) < 4.78 is 2.68. The van der Waals surface area contributed by atoms with Gasteiger partial charge in [0.2, 0.25) is 0 Å². The lowest BCUT2D eigenvalue weighted by Gasteiger charge is -2.12. The number of aryl methyl sites for hydroxylation is 2. The Morgan fingerprint density at radius 1 is 0.897 bits per heavy atom. The molecular formula is C23H20N2O3S. The van der Waals surface area contributed by atoms with Crippen LogP contribution in [0.2, 0.25) is 0 Å². The number of aromatic nitrogens is 2. The van der Waals surface area contributed by atoms with E-state index < -0.39 is 5.69 Å². The van der Waals surface area contributed by atoms with Crippen LogP contribution in [0.5, 0.6) is 0 Å². The van der Waals surface area contributed by atoms with E-state index in [9.17, 15) is 14.4 Å². The minimum absolute atomic E-state index is 0.103. The summed E-state index contributed by atoms with van der Waals surface area (Å²) in [6.45, 7) is 3.88. The third-order valence-corrected chi connectivity index (χ3v) is 6.34. The number of thiophene rings is 1. The topological polar surface area (TPSA) is 61.1 Å². The number of ketones is 1. The predicted octanol–water partition coefficient (Wildman–Crippen LogP) is 3.77. The predicted molar refractivity (Wildman–Crippen MR) is 116 cm³/mol. The highest BCUT2D eigenvalue weighted by Crippen LogP contribution is 2.27. The third kappa shape index (κ3) is 3.47. The molecule has 0 aliphatic rings. The van der Waals surface area contributed by atoms with Gasteiger partial charge in [0.25, 0.3) is 5.56 Å². The third-order valence-electron chi connectivity index (χ3n) is 5.11. The van der Waals surface area contributed by atoms with Gasteiger partial charge in [-0.2, -0.15) is 0 Å². The number of carbonyl (C=O) groups is 1. The van der Waals surface area contributed by atoms with Crippen LogP contribution in [0.3, 0.4) is 0 Å². The Kier molecular flexibility index (Phi) is 5.03. The number of benzene rings is 2. The first-order chi connectivity index (χ1) is 14.0. The summed E-state index contributed by atoms with van der Waals surface area (Å²) in [6.07, 6.45) is 0. The molecule has 0 aliphatic carbocycles. The average molecular weight is 404 g/mol. The van der Waals surface area contributed by atoms with Gasteiger partial charge in [0, 0.05) is 10.4 Å². The second-order valence-electron chi connectivity index (χ2n) is 7.00. The van der Waals surface area contributed by atoms with Crippen LogP contribution in [0.4, 0.5) is 0 Å². The highest BCUT2D eigenvalue weighted by Gasteiger charge is 2.20. The molecule has 2 aromatic heterocycles. The molecule has 0 fully saturated rings. The molecule has 0 aliphatic heterocycles. The zero-order valence-electron chi connectivity index (χ0n) is 16.2. The first kappa shape index (κ1) is 19.1. The summed E-state index contributed by atoms with van der Waals surface area (Å²) >= 11 is 1.38. The Bertz CT molecular complexity index is 1320. The van der Waals surface area contributed by atoms with Crippen molar-refractivity contribution < 1.29 is 4.79 Å². The van der Waals surface area contributed by atoms with Gasteiger partial charge in [-0.3, -0.25) is 18.7 Å². The van der Waals surface area contributed by atoms with Gasteiger partial charge < -0.3 is 0 Å². The number of hydrogen-bond acceptors (Lipinski definition) is 4. The van der Waals surface area contributed by atoms with Gasteiger partial charge in [0.1, 0.15) is 4.83 Å². The molecular weight excluding hydrogens is 384 g/mol. The maximum Gasteiger partial charge on any atom is 0.332 e. The van der Waals surface area contributed by atoms with Crippen molar-refractivity contribution in [3.8, 4) is 0 Å². The molecule has 0 atom stereocenters. The SMILES string of the molecule is Cc1sc2c(c1C)c(=O)n(Cc1ccccc1)c(=O)n2CC(=O)c1ccccc1. The lowest BCUT2D eigenvalue weighted by Crippen LogP contribution is -2.41. The zero-order chi connectivity index (χ0) is 20.5. The number of carbonyl (C=O) groups excluding carboxylic acids is 1. The first-order valence-corrected chi connectivity index (χ1v) is 10.1. The summed E-state index contributed by atoms with van der Waals surface area (Å²) in [5.74, 6) is -0.164. The molecule has 0 saturated carbocycles. The summed E-state index contributed by atoms with van der Waals surface area (Å²) in [5.41, 5.74) is 1.49. The molecule has 146 valence electrons. The molecule has 0 radical (unpaired) electrons. The van der Waals surface area contributed by atoms with Gasteiger partial charge in [0.05, 0.1) is 18.5 Å². The van der Waals surface area contributed by atoms with Crippen molar-refractivity contribution in [3.05, 3.63) is 103 Å². The highest BCUT2D eigenvalue weighted by molar-refractivity contribution is 7.18. The summed E-state index contributed by atoms with van der Waals surface area (Å²) in [7, 11) is 0. The maximum atomic E-state index is 13.3. The molecule has 0 bridgehead atoms. The van der Waals surface area contributed by atoms with Crippen LogP contribution in [0.1, 0.15) is 26.4 Å². The van der Waals surface area contributed by atoms with Gasteiger partial charge in [-0.25, -0.2) is 4.79 Å². The molecule has 0 saturated heterocycles. The maximum absolute atomic E-state index is 13.3. The molecule has 4 rings (SSSR count). The van der Waals surface area contributed by atoms with Gasteiger partial charge >= 0.3 is 5.69 Å². The van der Waals surface area contributed by atoms with Crippen LogP contribution in [0.15, 0.2) is 70.3 Å². The van der Waals surface area contributed by atoms with Gasteiger partial charge in [0.15, 0.2) is 5.78 Å². The van der Waals surface area contributed by atoms with E-state index in [1.54, 1.807) is 24.3 Å². The second-order valence-corrected chi connectivity index (χ2v) is 8.20. The van der Waals surface area contributed by atoms with E-state index in [2.05, 4.69) is 0 Å². The Morgan fingerprint density at radius 3 is 2.17 bits per heavy atom. The fraction of sp³-hybridized carbons (Fsp3) is 0.174. The van der Waals surface area contributed by atoms with E-state index in [-0.39, 0.29) is 24.4 Å². The van der Waals surface area contributed by atoms with E-state index >= 15 is 0 Å². The fourth-order valence-corrected chi connectivity index (χ4v) is 4.55. The Hall–Kier alpha value is -3.25. The molecule has 2 heterocycles. The Balaban J connectivity index is 1.91. The summed E-state index contributed by atoms with van der Waals surface area (Å²) in [5, 5.41) is 0.517. The summed E-state index contributed by atoms with van der Waals surface area (Å²) in [4.78, 5) is 40.8. The highest BCUT2D eigenvalue weighted by atomic mass is 32.1. The van der Waals surface area contributed by atoms with Crippen molar-refractivity contribution in [2.75, 3.05) is 0 Å². The van der Waals surface area contributed by atoms with Crippen LogP contribution < -0.4 is 11.2 Å². The second kappa shape index (κ2) is 7.64. The van der Waals surface area contributed by atoms with Gasteiger partial charge in [-0.15, -0.1) is 11.3 Å². The number of rotatable bonds is 5. The quantitative estimate of drug-likeness (QED) is 0.476. The lowest BCUT2D eigenvalue weighted by molar-refractivity contribution is 0.0971. The molecule has 0 amide bonds. The largest absolute Gasteiger partial charge is 0.332 e. The number of Topliss-reactive ketones (excluding diaryl/α,β-unsaturated/α-hetero) is 1. The molecule has 0 spiro atoms. The van der Waals surface area contributed by atoms with Crippen molar-refractivity contribution >= 4 is 27.3 Å². The molecule has 0 unspecified atom stereocenters. The van der Waals surface area contributed by atoms with Crippen LogP contribution in [0, 0.1) is 13.8 Å². The Morgan fingerprint density at radius 2 is 1.52 bits per heavy atom.